The second kappa shape index (κ2) is 8.89. The summed E-state index contributed by atoms with van der Waals surface area (Å²) < 4.78 is 33.0. The molecule has 0 spiro atoms. The van der Waals surface area contributed by atoms with Crippen LogP contribution in [0, 0.1) is 17.0 Å². The van der Waals surface area contributed by atoms with Gasteiger partial charge in [-0.05, 0) is 25.0 Å². The molecule has 1 aliphatic heterocycles. The molecular formula is C20H25N3O5S. The van der Waals surface area contributed by atoms with Gasteiger partial charge >= 0.3 is 0 Å². The lowest BCUT2D eigenvalue weighted by atomic mass is 10.0. The highest BCUT2D eigenvalue weighted by Gasteiger charge is 2.31. The van der Waals surface area contributed by atoms with Crippen LogP contribution in [0.25, 0.3) is 0 Å². The highest BCUT2D eigenvalue weighted by molar-refractivity contribution is 7.89. The number of morpholine rings is 1. The Morgan fingerprint density at radius 3 is 2.41 bits per heavy atom. The molecule has 0 aromatic heterocycles. The van der Waals surface area contributed by atoms with Crippen molar-refractivity contribution < 1.29 is 18.1 Å². The summed E-state index contributed by atoms with van der Waals surface area (Å²) in [5.41, 5.74) is 2.25. The van der Waals surface area contributed by atoms with Crippen molar-refractivity contribution in [2.45, 2.75) is 31.2 Å². The van der Waals surface area contributed by atoms with E-state index in [9.17, 15) is 18.5 Å². The average Bonchev–Trinajstić information content (AvgIpc) is 2.73. The molecule has 0 saturated carbocycles. The Bertz CT molecular complexity index is 970. The molecular weight excluding hydrogens is 394 g/mol. The van der Waals surface area contributed by atoms with Crippen LogP contribution in [0.15, 0.2) is 47.4 Å². The maximum absolute atomic E-state index is 13.2. The van der Waals surface area contributed by atoms with Crippen LogP contribution in [-0.2, 0) is 14.8 Å². The molecule has 1 N–H and O–H groups in total. The van der Waals surface area contributed by atoms with Gasteiger partial charge in [-0.3, -0.25) is 10.1 Å². The minimum absolute atomic E-state index is 0.0841. The molecule has 29 heavy (non-hydrogen) atoms. The molecule has 1 heterocycles. The fraction of sp³-hybridized carbons (Fsp3) is 0.400. The number of nitrogens with one attached hydrogen (secondary N) is 1. The van der Waals surface area contributed by atoms with Crippen LogP contribution in [0.5, 0.6) is 0 Å². The van der Waals surface area contributed by atoms with Crippen molar-refractivity contribution in [1.82, 2.24) is 4.31 Å². The first-order valence-electron chi connectivity index (χ1n) is 9.52. The molecule has 1 atom stereocenters. The molecule has 1 aliphatic rings. The lowest BCUT2D eigenvalue weighted by Gasteiger charge is -2.28. The van der Waals surface area contributed by atoms with Crippen molar-refractivity contribution in [2.24, 2.45) is 0 Å². The summed E-state index contributed by atoms with van der Waals surface area (Å²) in [5.74, 6) is 0. The molecule has 0 aliphatic carbocycles. The number of non-ortho nitro benzene ring substituents is 1. The highest BCUT2D eigenvalue weighted by Crippen LogP contribution is 2.33. The molecule has 8 nitrogen and oxygen atoms in total. The molecule has 0 amide bonds. The van der Waals surface area contributed by atoms with E-state index >= 15 is 0 Å². The van der Waals surface area contributed by atoms with Gasteiger partial charge in [-0.2, -0.15) is 4.31 Å². The molecule has 2 aromatic rings. The Morgan fingerprint density at radius 2 is 1.83 bits per heavy atom. The van der Waals surface area contributed by atoms with Gasteiger partial charge < -0.3 is 10.1 Å². The van der Waals surface area contributed by atoms with Crippen molar-refractivity contribution in [2.75, 3.05) is 31.6 Å². The molecule has 2 aromatic carbocycles. The first-order chi connectivity index (χ1) is 13.8. The Morgan fingerprint density at radius 1 is 1.17 bits per heavy atom. The molecule has 156 valence electrons. The number of nitro groups is 1. The van der Waals surface area contributed by atoms with E-state index in [4.69, 9.17) is 4.74 Å². The van der Waals surface area contributed by atoms with Crippen LogP contribution in [-0.4, -0.2) is 43.9 Å². The van der Waals surface area contributed by atoms with Gasteiger partial charge in [0.05, 0.1) is 29.9 Å². The van der Waals surface area contributed by atoms with Crippen LogP contribution >= 0.6 is 0 Å². The molecule has 1 fully saturated rings. The standard InChI is InChI=1S/C20H25N3O5S/c1-3-18(16-6-4-15(2)5-7-16)21-19-9-8-17(23(24)25)14-20(19)29(26,27)22-10-12-28-13-11-22/h4-9,14,18,21H,3,10-13H2,1-2H3/t18-/m0/s1. The van der Waals surface area contributed by atoms with E-state index < -0.39 is 14.9 Å². The Hall–Kier alpha value is -2.49. The lowest BCUT2D eigenvalue weighted by Crippen LogP contribution is -2.40. The van der Waals surface area contributed by atoms with E-state index in [1.54, 1.807) is 0 Å². The average molecular weight is 420 g/mol. The van der Waals surface area contributed by atoms with Gasteiger partial charge in [0.2, 0.25) is 10.0 Å². The number of benzene rings is 2. The number of sulfonamides is 1. The Kier molecular flexibility index (Phi) is 6.51. The van der Waals surface area contributed by atoms with Crippen LogP contribution < -0.4 is 5.32 Å². The third-order valence-corrected chi connectivity index (χ3v) is 6.92. The van der Waals surface area contributed by atoms with Crippen LogP contribution in [0.1, 0.15) is 30.5 Å². The highest BCUT2D eigenvalue weighted by atomic mass is 32.2. The number of anilines is 1. The summed E-state index contributed by atoms with van der Waals surface area (Å²) in [6.45, 7) is 5.05. The van der Waals surface area contributed by atoms with E-state index in [1.807, 2.05) is 38.1 Å². The van der Waals surface area contributed by atoms with Gasteiger partial charge in [0.25, 0.3) is 5.69 Å². The fourth-order valence-corrected chi connectivity index (χ4v) is 4.87. The summed E-state index contributed by atoms with van der Waals surface area (Å²) in [6, 6.07) is 11.8. The van der Waals surface area contributed by atoms with Crippen molar-refractivity contribution in [3.05, 3.63) is 63.7 Å². The lowest BCUT2D eigenvalue weighted by molar-refractivity contribution is -0.385. The molecule has 9 heteroatoms. The van der Waals surface area contributed by atoms with Gasteiger partial charge in [0, 0.05) is 25.2 Å². The molecule has 0 bridgehead atoms. The van der Waals surface area contributed by atoms with E-state index in [0.29, 0.717) is 18.9 Å². The SMILES string of the molecule is CC[C@H](Nc1ccc([N+](=O)[O-])cc1S(=O)(=O)N1CCOCC1)c1ccc(C)cc1. The molecule has 0 unspecified atom stereocenters. The number of ether oxygens (including phenoxy) is 1. The first kappa shape index (κ1) is 21.2. The maximum Gasteiger partial charge on any atom is 0.270 e. The topological polar surface area (TPSA) is 102 Å². The predicted molar refractivity (Wildman–Crippen MR) is 111 cm³/mol. The van der Waals surface area contributed by atoms with Gasteiger partial charge in [0.15, 0.2) is 0 Å². The largest absolute Gasteiger partial charge is 0.379 e. The molecule has 0 radical (unpaired) electrons. The van der Waals surface area contributed by atoms with Crippen LogP contribution in [0.3, 0.4) is 0 Å². The predicted octanol–water partition coefficient (Wildman–Crippen LogP) is 3.49. The Labute approximate surface area is 170 Å². The quantitative estimate of drug-likeness (QED) is 0.544. The minimum Gasteiger partial charge on any atom is -0.379 e. The van der Waals surface area contributed by atoms with Gasteiger partial charge in [0.1, 0.15) is 4.90 Å². The fourth-order valence-electron chi connectivity index (χ4n) is 3.29. The first-order valence-corrected chi connectivity index (χ1v) is 11.0. The third-order valence-electron chi connectivity index (χ3n) is 4.98. The summed E-state index contributed by atoms with van der Waals surface area (Å²) in [4.78, 5) is 10.6. The second-order valence-electron chi connectivity index (χ2n) is 6.97. The number of rotatable bonds is 7. The number of nitrogens with zero attached hydrogens (tertiary/aromatic N) is 2. The normalized spacial score (nSPS) is 16.3. The summed E-state index contributed by atoms with van der Waals surface area (Å²) >= 11 is 0. The monoisotopic (exact) mass is 419 g/mol. The Balaban J connectivity index is 2.01. The summed E-state index contributed by atoms with van der Waals surface area (Å²) in [6.07, 6.45) is 0.719. The van der Waals surface area contributed by atoms with E-state index in [2.05, 4.69) is 5.32 Å². The minimum atomic E-state index is -3.91. The van der Waals surface area contributed by atoms with E-state index in [1.165, 1.54) is 16.4 Å². The summed E-state index contributed by atoms with van der Waals surface area (Å²) in [7, 11) is -3.91. The van der Waals surface area contributed by atoms with E-state index in [-0.39, 0.29) is 29.7 Å². The third kappa shape index (κ3) is 4.75. The van der Waals surface area contributed by atoms with Gasteiger partial charge in [-0.1, -0.05) is 36.8 Å². The zero-order chi connectivity index (χ0) is 21.0. The maximum atomic E-state index is 13.2. The summed E-state index contributed by atoms with van der Waals surface area (Å²) in [5, 5.41) is 14.5. The van der Waals surface area contributed by atoms with Crippen molar-refractivity contribution in [3.63, 3.8) is 0 Å². The van der Waals surface area contributed by atoms with Crippen molar-refractivity contribution in [1.29, 1.82) is 0 Å². The van der Waals surface area contributed by atoms with Gasteiger partial charge in [-0.25, -0.2) is 8.42 Å². The number of hydrogen-bond donors (Lipinski definition) is 1. The smallest absolute Gasteiger partial charge is 0.270 e. The van der Waals surface area contributed by atoms with Crippen LogP contribution in [0.2, 0.25) is 0 Å². The molecule has 3 rings (SSSR count). The van der Waals surface area contributed by atoms with Gasteiger partial charge in [-0.15, -0.1) is 0 Å². The number of aryl methyl sites for hydroxylation is 1. The van der Waals surface area contributed by atoms with Crippen molar-refractivity contribution in [3.8, 4) is 0 Å². The number of nitro benzene ring substituents is 1. The van der Waals surface area contributed by atoms with Crippen LogP contribution in [0.4, 0.5) is 11.4 Å². The molecule has 1 saturated heterocycles. The number of hydrogen-bond acceptors (Lipinski definition) is 6. The van der Waals surface area contributed by atoms with Crippen molar-refractivity contribution >= 4 is 21.4 Å². The zero-order valence-electron chi connectivity index (χ0n) is 16.5. The zero-order valence-corrected chi connectivity index (χ0v) is 17.3. The second-order valence-corrected chi connectivity index (χ2v) is 8.88. The van der Waals surface area contributed by atoms with E-state index in [0.717, 1.165) is 23.6 Å².